The number of ether oxygens (including phenoxy) is 3. The normalized spacial score (nSPS) is 47.3. The van der Waals surface area contributed by atoms with Gasteiger partial charge in [0.2, 0.25) is 5.79 Å². The van der Waals surface area contributed by atoms with Crippen LogP contribution in [0.5, 0.6) is 0 Å². The minimum absolute atomic E-state index is 0.0322. The van der Waals surface area contributed by atoms with Crippen molar-refractivity contribution in [3.05, 3.63) is 23.5 Å². The Morgan fingerprint density at radius 3 is 2.59 bits per heavy atom. The van der Waals surface area contributed by atoms with E-state index in [0.717, 1.165) is 44.3 Å². The predicted molar refractivity (Wildman–Crippen MR) is 102 cm³/mol. The van der Waals surface area contributed by atoms with Crippen molar-refractivity contribution in [2.24, 2.45) is 22.7 Å². The molecule has 0 aromatic heterocycles. The molecule has 5 atom stereocenters. The highest BCUT2D eigenvalue weighted by molar-refractivity contribution is 5.72. The zero-order valence-corrected chi connectivity index (χ0v) is 17.2. The molecule has 27 heavy (non-hydrogen) atoms. The Balaban J connectivity index is 1.72. The van der Waals surface area contributed by atoms with Crippen molar-refractivity contribution in [1.29, 1.82) is 0 Å². The molecule has 3 fully saturated rings. The van der Waals surface area contributed by atoms with Gasteiger partial charge in [-0.1, -0.05) is 19.1 Å². The van der Waals surface area contributed by atoms with Crippen LogP contribution in [-0.4, -0.2) is 24.0 Å². The second-order valence-electron chi connectivity index (χ2n) is 10.3. The highest BCUT2D eigenvalue weighted by atomic mass is 16.7. The van der Waals surface area contributed by atoms with E-state index in [9.17, 15) is 4.79 Å². The van der Waals surface area contributed by atoms with E-state index in [4.69, 9.17) is 14.2 Å². The van der Waals surface area contributed by atoms with Crippen LogP contribution in [0.25, 0.3) is 0 Å². The van der Waals surface area contributed by atoms with Gasteiger partial charge in [0.15, 0.2) is 0 Å². The minimum Gasteiger partial charge on any atom is -0.467 e. The predicted octanol–water partition coefficient (Wildman–Crippen LogP) is 4.89. The molecule has 0 aromatic rings. The van der Waals surface area contributed by atoms with E-state index in [1.54, 1.807) is 0 Å². The SMILES string of the molecule is C=C(C)C1CCC23CCC(CC24OC(=O)CCC14C)C1=C3OC(C)(C)OC1. The van der Waals surface area contributed by atoms with E-state index in [2.05, 4.69) is 20.4 Å². The van der Waals surface area contributed by atoms with Gasteiger partial charge in [0.05, 0.1) is 12.0 Å². The van der Waals surface area contributed by atoms with E-state index < -0.39 is 11.4 Å². The number of hydrogen-bond acceptors (Lipinski definition) is 4. The fraction of sp³-hybridized carbons (Fsp3) is 0.783. The lowest BCUT2D eigenvalue weighted by Gasteiger charge is -2.71. The fourth-order valence-corrected chi connectivity index (χ4v) is 7.47. The number of fused-ring (bicyclic) bond motifs is 1. The van der Waals surface area contributed by atoms with Crippen LogP contribution in [0.4, 0.5) is 0 Å². The lowest BCUT2D eigenvalue weighted by molar-refractivity contribution is -0.301. The van der Waals surface area contributed by atoms with Crippen LogP contribution in [0.3, 0.4) is 0 Å². The maximum Gasteiger partial charge on any atom is 0.306 e. The number of esters is 1. The summed E-state index contributed by atoms with van der Waals surface area (Å²) in [6, 6.07) is 0. The third kappa shape index (κ3) is 2.01. The van der Waals surface area contributed by atoms with Crippen LogP contribution in [0, 0.1) is 22.7 Å². The van der Waals surface area contributed by atoms with Gasteiger partial charge in [-0.2, -0.15) is 0 Å². The number of carbonyl (C=O) groups is 1. The number of carbonyl (C=O) groups excluding carboxylic acids is 1. The summed E-state index contributed by atoms with van der Waals surface area (Å²) >= 11 is 0. The smallest absolute Gasteiger partial charge is 0.306 e. The van der Waals surface area contributed by atoms with Gasteiger partial charge < -0.3 is 14.2 Å². The number of hydrogen-bond donors (Lipinski definition) is 0. The Labute approximate surface area is 162 Å². The Morgan fingerprint density at radius 2 is 1.85 bits per heavy atom. The van der Waals surface area contributed by atoms with Crippen molar-refractivity contribution < 1.29 is 19.0 Å². The van der Waals surface area contributed by atoms with Crippen molar-refractivity contribution in [2.45, 2.75) is 84.0 Å². The van der Waals surface area contributed by atoms with Crippen molar-refractivity contribution in [1.82, 2.24) is 0 Å². The summed E-state index contributed by atoms with van der Waals surface area (Å²) in [5, 5.41) is 0. The second kappa shape index (κ2) is 5.20. The van der Waals surface area contributed by atoms with Gasteiger partial charge in [0.25, 0.3) is 0 Å². The molecule has 0 amide bonds. The highest BCUT2D eigenvalue weighted by Gasteiger charge is 2.75. The van der Waals surface area contributed by atoms with E-state index in [1.807, 2.05) is 13.8 Å². The first kappa shape index (κ1) is 17.8. The van der Waals surface area contributed by atoms with Gasteiger partial charge in [-0.3, -0.25) is 4.79 Å². The molecule has 148 valence electrons. The molecule has 2 spiro atoms. The molecule has 0 aromatic carbocycles. The van der Waals surface area contributed by atoms with E-state index >= 15 is 0 Å². The molecule has 0 radical (unpaired) electrons. The summed E-state index contributed by atoms with van der Waals surface area (Å²) in [7, 11) is 0. The number of allylic oxidation sites excluding steroid dienone is 1. The van der Waals surface area contributed by atoms with Gasteiger partial charge in [-0.15, -0.1) is 0 Å². The summed E-state index contributed by atoms with van der Waals surface area (Å²) in [5.41, 5.74) is 1.83. The Kier molecular flexibility index (Phi) is 3.42. The van der Waals surface area contributed by atoms with Crippen molar-refractivity contribution in [3.8, 4) is 0 Å². The van der Waals surface area contributed by atoms with Gasteiger partial charge in [0.1, 0.15) is 11.4 Å². The summed E-state index contributed by atoms with van der Waals surface area (Å²) in [5.74, 6) is 1.25. The average Bonchev–Trinajstić information content (AvgIpc) is 2.59. The molecule has 2 heterocycles. The zero-order valence-electron chi connectivity index (χ0n) is 17.2. The highest BCUT2D eigenvalue weighted by Crippen LogP contribution is 2.74. The first-order valence-electron chi connectivity index (χ1n) is 10.6. The van der Waals surface area contributed by atoms with Crippen molar-refractivity contribution in [3.63, 3.8) is 0 Å². The molecule has 2 bridgehead atoms. The van der Waals surface area contributed by atoms with Crippen molar-refractivity contribution >= 4 is 5.97 Å². The van der Waals surface area contributed by atoms with Crippen LogP contribution in [0.2, 0.25) is 0 Å². The average molecular weight is 373 g/mol. The quantitative estimate of drug-likeness (QED) is 0.485. The molecule has 4 aliphatic carbocycles. The topological polar surface area (TPSA) is 44.8 Å². The lowest BCUT2D eigenvalue weighted by Crippen LogP contribution is -2.73. The third-order valence-corrected chi connectivity index (χ3v) is 8.65. The maximum atomic E-state index is 12.6. The molecular formula is C23H32O4. The van der Waals surface area contributed by atoms with Crippen LogP contribution in [0.15, 0.2) is 23.5 Å². The van der Waals surface area contributed by atoms with Crippen molar-refractivity contribution in [2.75, 3.05) is 6.61 Å². The maximum absolute atomic E-state index is 12.6. The van der Waals surface area contributed by atoms with Gasteiger partial charge in [-0.05, 0) is 62.9 Å². The van der Waals surface area contributed by atoms with Crippen LogP contribution >= 0.6 is 0 Å². The molecule has 4 heteroatoms. The third-order valence-electron chi connectivity index (χ3n) is 8.65. The molecule has 6 rings (SSSR count). The van der Waals surface area contributed by atoms with Gasteiger partial charge in [-0.25, -0.2) is 0 Å². The summed E-state index contributed by atoms with van der Waals surface area (Å²) in [6.07, 6.45) is 6.64. The fourth-order valence-electron chi connectivity index (χ4n) is 7.47. The van der Waals surface area contributed by atoms with E-state index in [-0.39, 0.29) is 16.8 Å². The Hall–Kier alpha value is -1.29. The van der Waals surface area contributed by atoms with E-state index in [0.29, 0.717) is 24.9 Å². The molecule has 2 aliphatic heterocycles. The number of rotatable bonds is 1. The minimum atomic E-state index is -0.619. The van der Waals surface area contributed by atoms with Gasteiger partial charge >= 0.3 is 5.97 Å². The molecule has 5 unspecified atom stereocenters. The lowest BCUT2D eigenvalue weighted by atomic mass is 9.38. The van der Waals surface area contributed by atoms with Gasteiger partial charge in [0, 0.05) is 25.7 Å². The summed E-state index contributed by atoms with van der Waals surface area (Å²) in [4.78, 5) is 12.6. The first-order valence-corrected chi connectivity index (χ1v) is 10.6. The molecule has 1 saturated heterocycles. The van der Waals surface area contributed by atoms with Crippen LogP contribution in [-0.2, 0) is 19.0 Å². The molecule has 2 saturated carbocycles. The Bertz CT molecular complexity index is 764. The molecule has 6 aliphatic rings. The zero-order chi connectivity index (χ0) is 19.2. The van der Waals surface area contributed by atoms with Crippen LogP contribution < -0.4 is 0 Å². The molecular weight excluding hydrogens is 340 g/mol. The monoisotopic (exact) mass is 372 g/mol. The second-order valence-corrected chi connectivity index (χ2v) is 10.3. The standard InChI is InChI=1S/C23H32O4/c1-14(2)17-7-11-22-10-6-15(16-13-25-20(3,4)27-19(16)22)12-23(22)21(17,5)9-8-18(24)26-23/h15,17H,1,6-13H2,2-5H3. The molecule has 0 N–H and O–H groups in total. The summed E-state index contributed by atoms with van der Waals surface area (Å²) in [6.45, 7) is 13.5. The molecule has 4 nitrogen and oxygen atoms in total. The van der Waals surface area contributed by atoms with Crippen LogP contribution in [0.1, 0.15) is 72.6 Å². The first-order chi connectivity index (χ1) is 12.6. The Morgan fingerprint density at radius 1 is 1.11 bits per heavy atom. The summed E-state index contributed by atoms with van der Waals surface area (Å²) < 4.78 is 19.0. The van der Waals surface area contributed by atoms with E-state index in [1.165, 1.54) is 11.1 Å². The largest absolute Gasteiger partial charge is 0.467 e.